The molecule has 1 aliphatic rings. The van der Waals surface area contributed by atoms with Gasteiger partial charge in [-0.3, -0.25) is 10.1 Å². The van der Waals surface area contributed by atoms with Gasteiger partial charge in [0.2, 0.25) is 11.6 Å². The Morgan fingerprint density at radius 3 is 2.73 bits per heavy atom. The van der Waals surface area contributed by atoms with Gasteiger partial charge in [0.15, 0.2) is 0 Å². The van der Waals surface area contributed by atoms with E-state index in [1.807, 2.05) is 0 Å². The van der Waals surface area contributed by atoms with Gasteiger partial charge in [0, 0.05) is 19.7 Å². The third kappa shape index (κ3) is 4.52. The maximum absolute atomic E-state index is 11.4. The smallest absolute Gasteiger partial charge is 0.353 e. The summed E-state index contributed by atoms with van der Waals surface area (Å²) in [6.45, 7) is 6.11. The summed E-state index contributed by atoms with van der Waals surface area (Å²) in [6.07, 6.45) is 4.33. The molecule has 8 nitrogen and oxygen atoms in total. The molecule has 1 fully saturated rings. The fourth-order valence-electron chi connectivity index (χ4n) is 2.31. The van der Waals surface area contributed by atoms with Crippen LogP contribution in [0, 0.1) is 16.0 Å². The molecule has 0 spiro atoms. The Balaban J connectivity index is 2.05. The first kappa shape index (κ1) is 16.4. The molecule has 0 radical (unpaired) electrons. The van der Waals surface area contributed by atoms with E-state index in [1.165, 1.54) is 6.33 Å². The molecule has 0 aromatic carbocycles. The summed E-state index contributed by atoms with van der Waals surface area (Å²) in [5.41, 5.74) is -0.107. The van der Waals surface area contributed by atoms with Crippen LogP contribution in [0.4, 0.5) is 17.3 Å². The lowest BCUT2D eigenvalue weighted by atomic mass is 10.1. The van der Waals surface area contributed by atoms with E-state index in [0.717, 1.165) is 25.9 Å². The van der Waals surface area contributed by atoms with Crippen LogP contribution in [0.15, 0.2) is 6.33 Å². The number of rotatable bonds is 8. The van der Waals surface area contributed by atoms with E-state index in [9.17, 15) is 10.1 Å². The standard InChI is InChI=1S/C14H23N5O3/c1-10(2)5-6-15-13-12(19(20)21)14(18-9-17-13)16-8-11-4-3-7-22-11/h9-11H,3-8H2,1-2H3,(H2,15,16,17,18). The van der Waals surface area contributed by atoms with Crippen LogP contribution in [0.5, 0.6) is 0 Å². The summed E-state index contributed by atoms with van der Waals surface area (Å²) in [5, 5.41) is 17.4. The number of aromatic nitrogens is 2. The van der Waals surface area contributed by atoms with E-state index in [1.54, 1.807) is 0 Å². The van der Waals surface area contributed by atoms with Gasteiger partial charge >= 0.3 is 5.69 Å². The summed E-state index contributed by atoms with van der Waals surface area (Å²) in [6, 6.07) is 0. The molecule has 0 bridgehead atoms. The third-order valence-corrected chi connectivity index (χ3v) is 3.54. The fourth-order valence-corrected chi connectivity index (χ4v) is 2.31. The van der Waals surface area contributed by atoms with Crippen molar-refractivity contribution in [1.82, 2.24) is 9.97 Å². The van der Waals surface area contributed by atoms with Gasteiger partial charge in [0.05, 0.1) is 11.0 Å². The van der Waals surface area contributed by atoms with E-state index in [0.29, 0.717) is 19.0 Å². The van der Waals surface area contributed by atoms with Crippen LogP contribution in [0.3, 0.4) is 0 Å². The molecule has 2 heterocycles. The average molecular weight is 309 g/mol. The van der Waals surface area contributed by atoms with E-state index >= 15 is 0 Å². The van der Waals surface area contributed by atoms with Crippen LogP contribution in [0.2, 0.25) is 0 Å². The average Bonchev–Trinajstić information content (AvgIpc) is 2.97. The Kier molecular flexibility index (Phi) is 5.88. The van der Waals surface area contributed by atoms with Gasteiger partial charge in [-0.1, -0.05) is 13.8 Å². The maximum Gasteiger partial charge on any atom is 0.353 e. The number of hydrogen-bond acceptors (Lipinski definition) is 7. The molecule has 22 heavy (non-hydrogen) atoms. The minimum atomic E-state index is -0.449. The summed E-state index contributed by atoms with van der Waals surface area (Å²) >= 11 is 0. The fraction of sp³-hybridized carbons (Fsp3) is 0.714. The second kappa shape index (κ2) is 7.88. The maximum atomic E-state index is 11.4. The highest BCUT2D eigenvalue weighted by Gasteiger charge is 2.24. The molecule has 2 rings (SSSR count). The summed E-state index contributed by atoms with van der Waals surface area (Å²) < 4.78 is 5.51. The monoisotopic (exact) mass is 309 g/mol. The van der Waals surface area contributed by atoms with Crippen LogP contribution in [0.25, 0.3) is 0 Å². The first-order valence-electron chi connectivity index (χ1n) is 7.66. The molecule has 122 valence electrons. The first-order valence-corrected chi connectivity index (χ1v) is 7.66. The van der Waals surface area contributed by atoms with Gasteiger partial charge < -0.3 is 15.4 Å². The van der Waals surface area contributed by atoms with Gasteiger partial charge in [-0.15, -0.1) is 0 Å². The molecule has 8 heteroatoms. The Labute approximate surface area is 129 Å². The zero-order chi connectivity index (χ0) is 15.9. The van der Waals surface area contributed by atoms with Gasteiger partial charge in [0.25, 0.3) is 0 Å². The van der Waals surface area contributed by atoms with Crippen molar-refractivity contribution in [3.63, 3.8) is 0 Å². The highest BCUT2D eigenvalue weighted by Crippen LogP contribution is 2.29. The van der Waals surface area contributed by atoms with Crippen molar-refractivity contribution >= 4 is 17.3 Å². The lowest BCUT2D eigenvalue weighted by Crippen LogP contribution is -2.20. The largest absolute Gasteiger partial charge is 0.376 e. The zero-order valence-corrected chi connectivity index (χ0v) is 13.0. The van der Waals surface area contributed by atoms with Crippen molar-refractivity contribution in [2.24, 2.45) is 5.92 Å². The predicted octanol–water partition coefficient (Wildman–Crippen LogP) is 2.43. The van der Waals surface area contributed by atoms with Crippen LogP contribution >= 0.6 is 0 Å². The van der Waals surface area contributed by atoms with Gasteiger partial charge in [-0.05, 0) is 25.2 Å². The van der Waals surface area contributed by atoms with Crippen LogP contribution < -0.4 is 10.6 Å². The highest BCUT2D eigenvalue weighted by atomic mass is 16.6. The molecule has 1 aromatic heterocycles. The number of anilines is 2. The molecular formula is C14H23N5O3. The molecular weight excluding hydrogens is 286 g/mol. The topological polar surface area (TPSA) is 102 Å². The van der Waals surface area contributed by atoms with Crippen molar-refractivity contribution in [3.8, 4) is 0 Å². The number of nitrogens with zero attached hydrogens (tertiary/aromatic N) is 3. The SMILES string of the molecule is CC(C)CCNc1ncnc(NCC2CCCO2)c1[N+](=O)[O-]. The lowest BCUT2D eigenvalue weighted by molar-refractivity contribution is -0.383. The molecule has 0 aliphatic carbocycles. The van der Waals surface area contributed by atoms with Gasteiger partial charge in [-0.25, -0.2) is 9.97 Å². The summed E-state index contributed by atoms with van der Waals surface area (Å²) in [4.78, 5) is 18.9. The zero-order valence-electron chi connectivity index (χ0n) is 13.0. The second-order valence-electron chi connectivity index (χ2n) is 5.80. The second-order valence-corrected chi connectivity index (χ2v) is 5.80. The van der Waals surface area contributed by atoms with Crippen molar-refractivity contribution < 1.29 is 9.66 Å². The molecule has 0 saturated carbocycles. The Bertz CT molecular complexity index is 503. The predicted molar refractivity (Wildman–Crippen MR) is 84.1 cm³/mol. The van der Waals surface area contributed by atoms with Crippen LogP contribution in [-0.4, -0.2) is 40.7 Å². The number of ether oxygens (including phenoxy) is 1. The Morgan fingerprint density at radius 1 is 1.41 bits per heavy atom. The lowest BCUT2D eigenvalue weighted by Gasteiger charge is -2.13. The van der Waals surface area contributed by atoms with Crippen LogP contribution in [0.1, 0.15) is 33.1 Å². The molecule has 1 atom stereocenters. The summed E-state index contributed by atoms with van der Waals surface area (Å²) in [5.74, 6) is 1.02. The van der Waals surface area contributed by atoms with Gasteiger partial charge in [0.1, 0.15) is 6.33 Å². The molecule has 1 unspecified atom stereocenters. The quantitative estimate of drug-likeness (QED) is 0.561. The van der Waals surface area contributed by atoms with E-state index in [2.05, 4.69) is 34.4 Å². The van der Waals surface area contributed by atoms with Crippen LogP contribution in [-0.2, 0) is 4.74 Å². The van der Waals surface area contributed by atoms with Crippen molar-refractivity contribution in [3.05, 3.63) is 16.4 Å². The molecule has 0 amide bonds. The number of nitro groups is 1. The van der Waals surface area contributed by atoms with Gasteiger partial charge in [-0.2, -0.15) is 0 Å². The minimum absolute atomic E-state index is 0.0897. The molecule has 1 saturated heterocycles. The third-order valence-electron chi connectivity index (χ3n) is 3.54. The van der Waals surface area contributed by atoms with E-state index in [4.69, 9.17) is 4.74 Å². The molecule has 1 aliphatic heterocycles. The minimum Gasteiger partial charge on any atom is -0.376 e. The van der Waals surface area contributed by atoms with Crippen molar-refractivity contribution in [1.29, 1.82) is 0 Å². The summed E-state index contributed by atoms with van der Waals surface area (Å²) in [7, 11) is 0. The van der Waals surface area contributed by atoms with E-state index in [-0.39, 0.29) is 23.4 Å². The normalized spacial score (nSPS) is 17.7. The highest BCUT2D eigenvalue weighted by molar-refractivity contribution is 5.69. The van der Waals surface area contributed by atoms with Crippen molar-refractivity contribution in [2.45, 2.75) is 39.2 Å². The molecule has 2 N–H and O–H groups in total. The number of hydrogen-bond donors (Lipinski definition) is 2. The number of nitrogens with one attached hydrogen (secondary N) is 2. The first-order chi connectivity index (χ1) is 10.6. The Morgan fingerprint density at radius 2 is 2.14 bits per heavy atom. The molecule has 1 aromatic rings. The Hall–Kier alpha value is -1.96. The van der Waals surface area contributed by atoms with Crippen molar-refractivity contribution in [2.75, 3.05) is 30.3 Å². The van der Waals surface area contributed by atoms with E-state index < -0.39 is 4.92 Å².